The van der Waals surface area contributed by atoms with Gasteiger partial charge in [0.15, 0.2) is 5.58 Å². The summed E-state index contributed by atoms with van der Waals surface area (Å²) in [6.45, 7) is 4.05. The molecule has 0 aliphatic heterocycles. The molecule has 0 N–H and O–H groups in total. The topological polar surface area (TPSA) is 56.7 Å². The lowest BCUT2D eigenvalue weighted by Gasteiger charge is -2.06. The van der Waals surface area contributed by atoms with Crippen LogP contribution in [0.2, 0.25) is 0 Å². The molecule has 5 heteroatoms. The zero-order chi connectivity index (χ0) is 17.7. The van der Waals surface area contributed by atoms with Crippen LogP contribution in [-0.4, -0.2) is 19.7 Å². The maximum Gasteiger partial charge on any atom is 0.228 e. The largest absolute Gasteiger partial charge is 0.436 e. The fourth-order valence-electron chi connectivity index (χ4n) is 3.25. The molecule has 0 radical (unpaired) electrons. The first-order chi connectivity index (χ1) is 12.7. The van der Waals surface area contributed by atoms with Crippen molar-refractivity contribution >= 4 is 22.0 Å². The van der Waals surface area contributed by atoms with Crippen LogP contribution in [0, 0.1) is 13.8 Å². The second-order valence-corrected chi connectivity index (χ2v) is 6.43. The molecule has 0 spiro atoms. The number of rotatable bonds is 2. The standard InChI is InChI=1S/C21H16N4O/c1-13-9-14(2)25(24-13)17-7-8-18-15(11-17)10-16(12-22-18)21-23-19-5-3-4-6-20(19)26-21/h3-12H,1-2H3. The van der Waals surface area contributed by atoms with Gasteiger partial charge in [0.25, 0.3) is 0 Å². The quantitative estimate of drug-likeness (QED) is 0.461. The van der Waals surface area contributed by atoms with Crippen molar-refractivity contribution in [3.05, 3.63) is 72.2 Å². The number of hydrogen-bond acceptors (Lipinski definition) is 4. The Balaban J connectivity index is 1.65. The maximum absolute atomic E-state index is 5.87. The molecular weight excluding hydrogens is 324 g/mol. The second kappa shape index (κ2) is 5.52. The molecule has 0 unspecified atom stereocenters. The summed E-state index contributed by atoms with van der Waals surface area (Å²) in [6, 6.07) is 18.0. The van der Waals surface area contributed by atoms with Crippen molar-refractivity contribution in [1.29, 1.82) is 0 Å². The summed E-state index contributed by atoms with van der Waals surface area (Å²) in [6.07, 6.45) is 1.80. The van der Waals surface area contributed by atoms with Gasteiger partial charge in [0.2, 0.25) is 5.89 Å². The van der Waals surface area contributed by atoms with Gasteiger partial charge in [-0.1, -0.05) is 12.1 Å². The molecule has 26 heavy (non-hydrogen) atoms. The van der Waals surface area contributed by atoms with Gasteiger partial charge in [-0.2, -0.15) is 5.10 Å². The Morgan fingerprint density at radius 1 is 0.923 bits per heavy atom. The number of benzene rings is 2. The minimum atomic E-state index is 0.581. The third-order valence-corrected chi connectivity index (χ3v) is 4.46. The SMILES string of the molecule is Cc1cc(C)n(-c2ccc3ncc(-c4nc5ccccc5o4)cc3c2)n1. The van der Waals surface area contributed by atoms with Gasteiger partial charge in [-0.3, -0.25) is 4.98 Å². The van der Waals surface area contributed by atoms with Gasteiger partial charge >= 0.3 is 0 Å². The molecule has 3 heterocycles. The predicted octanol–water partition coefficient (Wildman–Crippen LogP) is 4.85. The lowest BCUT2D eigenvalue weighted by Crippen LogP contribution is -1.99. The molecule has 0 bridgehead atoms. The summed E-state index contributed by atoms with van der Waals surface area (Å²) in [7, 11) is 0. The molecule has 0 fully saturated rings. The number of aromatic nitrogens is 4. The van der Waals surface area contributed by atoms with Gasteiger partial charge in [-0.15, -0.1) is 0 Å². The summed E-state index contributed by atoms with van der Waals surface area (Å²) < 4.78 is 7.82. The number of hydrogen-bond donors (Lipinski definition) is 0. The van der Waals surface area contributed by atoms with Crippen molar-refractivity contribution in [3.8, 4) is 17.1 Å². The number of fused-ring (bicyclic) bond motifs is 2. The normalized spacial score (nSPS) is 11.5. The molecule has 3 aromatic heterocycles. The number of oxazole rings is 1. The Hall–Kier alpha value is -3.47. The molecular formula is C21H16N4O. The lowest BCUT2D eigenvalue weighted by atomic mass is 10.1. The van der Waals surface area contributed by atoms with E-state index in [4.69, 9.17) is 4.42 Å². The van der Waals surface area contributed by atoms with Crippen LogP contribution in [0.3, 0.4) is 0 Å². The zero-order valence-corrected chi connectivity index (χ0v) is 14.5. The van der Waals surface area contributed by atoms with E-state index in [1.807, 2.05) is 48.0 Å². The van der Waals surface area contributed by atoms with Gasteiger partial charge < -0.3 is 4.42 Å². The van der Waals surface area contributed by atoms with Crippen LogP contribution in [0.4, 0.5) is 0 Å². The average molecular weight is 340 g/mol. The maximum atomic E-state index is 5.87. The second-order valence-electron chi connectivity index (χ2n) is 6.43. The lowest BCUT2D eigenvalue weighted by molar-refractivity contribution is 0.619. The van der Waals surface area contributed by atoms with E-state index in [0.29, 0.717) is 5.89 Å². The Labute approximate surface area is 149 Å². The van der Waals surface area contributed by atoms with Crippen molar-refractivity contribution in [2.75, 3.05) is 0 Å². The summed E-state index contributed by atoms with van der Waals surface area (Å²) in [5.41, 5.74) is 6.53. The highest BCUT2D eigenvalue weighted by atomic mass is 16.3. The Kier molecular flexibility index (Phi) is 3.15. The molecule has 5 aromatic rings. The highest BCUT2D eigenvalue weighted by Crippen LogP contribution is 2.27. The van der Waals surface area contributed by atoms with Crippen molar-refractivity contribution in [2.45, 2.75) is 13.8 Å². The zero-order valence-electron chi connectivity index (χ0n) is 14.5. The van der Waals surface area contributed by atoms with Crippen LogP contribution in [-0.2, 0) is 0 Å². The van der Waals surface area contributed by atoms with Crippen molar-refractivity contribution < 1.29 is 4.42 Å². The van der Waals surface area contributed by atoms with Gasteiger partial charge in [-0.25, -0.2) is 9.67 Å². The number of pyridine rings is 1. The Morgan fingerprint density at radius 2 is 1.81 bits per heavy atom. The third-order valence-electron chi connectivity index (χ3n) is 4.46. The molecule has 5 nitrogen and oxygen atoms in total. The van der Waals surface area contributed by atoms with E-state index in [-0.39, 0.29) is 0 Å². The summed E-state index contributed by atoms with van der Waals surface area (Å²) in [4.78, 5) is 9.12. The highest BCUT2D eigenvalue weighted by Gasteiger charge is 2.10. The molecule has 2 aromatic carbocycles. The summed E-state index contributed by atoms with van der Waals surface area (Å²) >= 11 is 0. The van der Waals surface area contributed by atoms with Gasteiger partial charge in [-0.05, 0) is 56.3 Å². The first-order valence-electron chi connectivity index (χ1n) is 8.47. The van der Waals surface area contributed by atoms with E-state index in [0.717, 1.165) is 44.6 Å². The molecule has 5 rings (SSSR count). The molecule has 0 amide bonds. The first kappa shape index (κ1) is 14.8. The fourth-order valence-corrected chi connectivity index (χ4v) is 3.25. The minimum absolute atomic E-state index is 0.581. The number of aryl methyl sites for hydroxylation is 2. The molecule has 0 aliphatic carbocycles. The molecule has 0 aliphatic rings. The van der Waals surface area contributed by atoms with Crippen molar-refractivity contribution in [1.82, 2.24) is 19.7 Å². The smallest absolute Gasteiger partial charge is 0.228 e. The molecule has 0 saturated heterocycles. The molecule has 0 atom stereocenters. The highest BCUT2D eigenvalue weighted by molar-refractivity contribution is 5.85. The number of para-hydroxylation sites is 2. The molecule has 126 valence electrons. The molecule has 0 saturated carbocycles. The third kappa shape index (κ3) is 2.37. The first-order valence-corrected chi connectivity index (χ1v) is 8.47. The van der Waals surface area contributed by atoms with Crippen LogP contribution >= 0.6 is 0 Å². The fraction of sp³-hybridized carbons (Fsp3) is 0.0952. The predicted molar refractivity (Wildman–Crippen MR) is 101 cm³/mol. The van der Waals surface area contributed by atoms with E-state index in [2.05, 4.69) is 40.2 Å². The van der Waals surface area contributed by atoms with Gasteiger partial charge in [0, 0.05) is 17.3 Å². The van der Waals surface area contributed by atoms with Gasteiger partial charge in [0.05, 0.1) is 22.5 Å². The monoisotopic (exact) mass is 340 g/mol. The van der Waals surface area contributed by atoms with Crippen LogP contribution in [0.5, 0.6) is 0 Å². The van der Waals surface area contributed by atoms with E-state index >= 15 is 0 Å². The van der Waals surface area contributed by atoms with Gasteiger partial charge in [0.1, 0.15) is 5.52 Å². The van der Waals surface area contributed by atoms with Crippen LogP contribution in [0.25, 0.3) is 39.1 Å². The average Bonchev–Trinajstić information content (AvgIpc) is 3.23. The Bertz CT molecular complexity index is 1230. The number of nitrogens with zero attached hydrogens (tertiary/aromatic N) is 4. The summed E-state index contributed by atoms with van der Waals surface area (Å²) in [5, 5.41) is 5.59. The Morgan fingerprint density at radius 3 is 2.62 bits per heavy atom. The van der Waals surface area contributed by atoms with E-state index in [1.165, 1.54) is 0 Å². The van der Waals surface area contributed by atoms with Crippen molar-refractivity contribution in [2.24, 2.45) is 0 Å². The van der Waals surface area contributed by atoms with E-state index < -0.39 is 0 Å². The van der Waals surface area contributed by atoms with Crippen LogP contribution in [0.1, 0.15) is 11.4 Å². The minimum Gasteiger partial charge on any atom is -0.436 e. The van der Waals surface area contributed by atoms with E-state index in [1.54, 1.807) is 6.20 Å². The van der Waals surface area contributed by atoms with Crippen LogP contribution < -0.4 is 0 Å². The summed E-state index contributed by atoms with van der Waals surface area (Å²) in [5.74, 6) is 0.581. The van der Waals surface area contributed by atoms with Crippen molar-refractivity contribution in [3.63, 3.8) is 0 Å². The van der Waals surface area contributed by atoms with Crippen LogP contribution in [0.15, 0.2) is 65.2 Å². The van der Waals surface area contributed by atoms with E-state index in [9.17, 15) is 0 Å².